The van der Waals surface area contributed by atoms with Crippen molar-refractivity contribution in [2.75, 3.05) is 63.1 Å². The SMILES string of the molecule is CN1CCN(C(=O)CCNc2ccc(N3CCCCC3)cc2)CC1. The zero-order valence-corrected chi connectivity index (χ0v) is 14.8. The van der Waals surface area contributed by atoms with Crippen LogP contribution in [-0.4, -0.2) is 68.6 Å². The minimum Gasteiger partial charge on any atom is -0.385 e. The molecule has 5 nitrogen and oxygen atoms in total. The van der Waals surface area contributed by atoms with Gasteiger partial charge >= 0.3 is 0 Å². The van der Waals surface area contributed by atoms with Gasteiger partial charge in [-0.15, -0.1) is 0 Å². The van der Waals surface area contributed by atoms with Crippen LogP contribution in [-0.2, 0) is 4.79 Å². The number of nitrogens with zero attached hydrogens (tertiary/aromatic N) is 3. The third-order valence-electron chi connectivity index (χ3n) is 5.11. The van der Waals surface area contributed by atoms with E-state index in [1.807, 2.05) is 4.90 Å². The van der Waals surface area contributed by atoms with Crippen LogP contribution in [0, 0.1) is 0 Å². The molecule has 1 N–H and O–H groups in total. The summed E-state index contributed by atoms with van der Waals surface area (Å²) in [5.41, 5.74) is 2.41. The first-order valence-corrected chi connectivity index (χ1v) is 9.27. The maximum absolute atomic E-state index is 12.2. The van der Waals surface area contributed by atoms with Gasteiger partial charge in [0.1, 0.15) is 0 Å². The molecule has 0 bridgehead atoms. The number of rotatable bonds is 5. The van der Waals surface area contributed by atoms with Crippen molar-refractivity contribution >= 4 is 17.3 Å². The highest BCUT2D eigenvalue weighted by Crippen LogP contribution is 2.21. The molecule has 2 saturated heterocycles. The number of hydrogen-bond acceptors (Lipinski definition) is 4. The van der Waals surface area contributed by atoms with E-state index >= 15 is 0 Å². The van der Waals surface area contributed by atoms with E-state index in [0.29, 0.717) is 13.0 Å². The molecule has 2 aliphatic rings. The summed E-state index contributed by atoms with van der Waals surface area (Å²) in [4.78, 5) is 18.9. The number of piperidine rings is 1. The molecular formula is C19H30N4O. The van der Waals surface area contributed by atoms with Gasteiger partial charge in [-0.2, -0.15) is 0 Å². The van der Waals surface area contributed by atoms with Crippen molar-refractivity contribution in [3.8, 4) is 0 Å². The molecule has 0 aromatic heterocycles. The van der Waals surface area contributed by atoms with Gasteiger partial charge in [-0.25, -0.2) is 0 Å². The smallest absolute Gasteiger partial charge is 0.224 e. The average Bonchev–Trinajstić information content (AvgIpc) is 2.63. The molecular weight excluding hydrogens is 300 g/mol. The largest absolute Gasteiger partial charge is 0.385 e. The first-order chi connectivity index (χ1) is 11.7. The Kier molecular flexibility index (Phi) is 5.96. The van der Waals surface area contributed by atoms with Crippen molar-refractivity contribution in [3.63, 3.8) is 0 Å². The van der Waals surface area contributed by atoms with Gasteiger partial charge in [0, 0.05) is 63.6 Å². The standard InChI is InChI=1S/C19H30N4O/c1-21-13-15-23(16-14-21)19(24)9-10-20-17-5-7-18(8-6-17)22-11-3-2-4-12-22/h5-8,20H,2-4,9-16H2,1H3. The molecule has 1 aromatic carbocycles. The molecule has 3 rings (SSSR count). The van der Waals surface area contributed by atoms with E-state index in [1.165, 1.54) is 38.0 Å². The second kappa shape index (κ2) is 8.38. The summed E-state index contributed by atoms with van der Waals surface area (Å²) in [6.45, 7) is 6.74. The van der Waals surface area contributed by atoms with Crippen LogP contribution in [0.2, 0.25) is 0 Å². The molecule has 0 spiro atoms. The molecule has 0 radical (unpaired) electrons. The maximum Gasteiger partial charge on any atom is 0.224 e. The number of hydrogen-bond donors (Lipinski definition) is 1. The summed E-state index contributed by atoms with van der Waals surface area (Å²) in [6, 6.07) is 8.64. The molecule has 2 aliphatic heterocycles. The Morgan fingerprint density at radius 2 is 1.62 bits per heavy atom. The Balaban J connectivity index is 1.41. The number of carbonyl (C=O) groups is 1. The second-order valence-electron chi connectivity index (χ2n) is 6.96. The number of likely N-dealkylation sites (N-methyl/N-ethyl adjacent to an activating group) is 1. The summed E-state index contributed by atoms with van der Waals surface area (Å²) in [6.07, 6.45) is 4.53. The van der Waals surface area contributed by atoms with Crippen molar-refractivity contribution in [1.82, 2.24) is 9.80 Å². The molecule has 2 fully saturated rings. The van der Waals surface area contributed by atoms with Gasteiger partial charge in [-0.1, -0.05) is 0 Å². The third kappa shape index (κ3) is 4.63. The fourth-order valence-electron chi connectivity index (χ4n) is 3.47. The van der Waals surface area contributed by atoms with Gasteiger partial charge in [-0.05, 0) is 50.6 Å². The van der Waals surface area contributed by atoms with Gasteiger partial charge in [-0.3, -0.25) is 4.79 Å². The maximum atomic E-state index is 12.2. The molecule has 0 atom stereocenters. The fraction of sp³-hybridized carbons (Fsp3) is 0.632. The van der Waals surface area contributed by atoms with Crippen LogP contribution in [0.25, 0.3) is 0 Å². The van der Waals surface area contributed by atoms with E-state index in [-0.39, 0.29) is 5.91 Å². The zero-order valence-electron chi connectivity index (χ0n) is 14.8. The zero-order chi connectivity index (χ0) is 16.8. The van der Waals surface area contributed by atoms with Gasteiger partial charge < -0.3 is 20.0 Å². The van der Waals surface area contributed by atoms with Crippen molar-refractivity contribution in [1.29, 1.82) is 0 Å². The molecule has 0 unspecified atom stereocenters. The number of carbonyl (C=O) groups excluding carboxylic acids is 1. The lowest BCUT2D eigenvalue weighted by molar-refractivity contribution is -0.132. The van der Waals surface area contributed by atoms with Crippen molar-refractivity contribution in [2.45, 2.75) is 25.7 Å². The van der Waals surface area contributed by atoms with Crippen molar-refractivity contribution < 1.29 is 4.79 Å². The Hall–Kier alpha value is -1.75. The van der Waals surface area contributed by atoms with Crippen molar-refractivity contribution in [3.05, 3.63) is 24.3 Å². The van der Waals surface area contributed by atoms with Crippen LogP contribution in [0.3, 0.4) is 0 Å². The van der Waals surface area contributed by atoms with E-state index in [0.717, 1.165) is 31.9 Å². The van der Waals surface area contributed by atoms with E-state index in [9.17, 15) is 4.79 Å². The molecule has 2 heterocycles. The summed E-state index contributed by atoms with van der Waals surface area (Å²) < 4.78 is 0. The lowest BCUT2D eigenvalue weighted by Gasteiger charge is -2.32. The molecule has 0 aliphatic carbocycles. The molecule has 24 heavy (non-hydrogen) atoms. The average molecular weight is 330 g/mol. The Labute approximate surface area is 145 Å². The molecule has 132 valence electrons. The highest BCUT2D eigenvalue weighted by atomic mass is 16.2. The van der Waals surface area contributed by atoms with Gasteiger partial charge in [0.15, 0.2) is 0 Å². The van der Waals surface area contributed by atoms with Crippen LogP contribution >= 0.6 is 0 Å². The number of anilines is 2. The topological polar surface area (TPSA) is 38.8 Å². The number of amides is 1. The van der Waals surface area contributed by atoms with Crippen LogP contribution in [0.5, 0.6) is 0 Å². The quantitative estimate of drug-likeness (QED) is 0.899. The van der Waals surface area contributed by atoms with Gasteiger partial charge in [0.05, 0.1) is 0 Å². The number of piperazine rings is 1. The third-order valence-corrected chi connectivity index (χ3v) is 5.11. The lowest BCUT2D eigenvalue weighted by atomic mass is 10.1. The molecule has 0 saturated carbocycles. The van der Waals surface area contributed by atoms with Crippen molar-refractivity contribution in [2.24, 2.45) is 0 Å². The summed E-state index contributed by atoms with van der Waals surface area (Å²) in [5, 5.41) is 3.38. The molecule has 5 heteroatoms. The predicted molar refractivity (Wildman–Crippen MR) is 99.7 cm³/mol. The Bertz CT molecular complexity index is 517. The van der Waals surface area contributed by atoms with Crippen LogP contribution in [0.1, 0.15) is 25.7 Å². The highest BCUT2D eigenvalue weighted by Gasteiger charge is 2.18. The van der Waals surface area contributed by atoms with Gasteiger partial charge in [0.25, 0.3) is 0 Å². The number of nitrogens with one attached hydrogen (secondary N) is 1. The normalized spacial score (nSPS) is 19.4. The summed E-state index contributed by atoms with van der Waals surface area (Å²) in [5.74, 6) is 0.264. The van der Waals surface area contributed by atoms with Crippen LogP contribution < -0.4 is 10.2 Å². The van der Waals surface area contributed by atoms with Crippen LogP contribution in [0.15, 0.2) is 24.3 Å². The lowest BCUT2D eigenvalue weighted by Crippen LogP contribution is -2.47. The number of benzene rings is 1. The van der Waals surface area contributed by atoms with E-state index in [4.69, 9.17) is 0 Å². The summed E-state index contributed by atoms with van der Waals surface area (Å²) >= 11 is 0. The predicted octanol–water partition coefficient (Wildman–Crippen LogP) is 2.25. The monoisotopic (exact) mass is 330 g/mol. The minimum absolute atomic E-state index is 0.264. The fourth-order valence-corrected chi connectivity index (χ4v) is 3.47. The Morgan fingerprint density at radius 1 is 0.958 bits per heavy atom. The van der Waals surface area contributed by atoms with E-state index in [2.05, 4.69) is 46.4 Å². The molecule has 1 amide bonds. The first-order valence-electron chi connectivity index (χ1n) is 9.27. The van der Waals surface area contributed by atoms with Gasteiger partial charge in [0.2, 0.25) is 5.91 Å². The molecule has 1 aromatic rings. The Morgan fingerprint density at radius 3 is 2.29 bits per heavy atom. The van der Waals surface area contributed by atoms with E-state index in [1.54, 1.807) is 0 Å². The minimum atomic E-state index is 0.264. The van der Waals surface area contributed by atoms with E-state index < -0.39 is 0 Å². The highest BCUT2D eigenvalue weighted by molar-refractivity contribution is 5.76. The van der Waals surface area contributed by atoms with Crippen LogP contribution in [0.4, 0.5) is 11.4 Å². The summed E-state index contributed by atoms with van der Waals surface area (Å²) in [7, 11) is 2.11. The first kappa shape index (κ1) is 17.1. The second-order valence-corrected chi connectivity index (χ2v) is 6.96.